The molecule has 1 unspecified atom stereocenters. The smallest absolute Gasteiger partial charge is 0.245 e. The quantitative estimate of drug-likeness (QED) is 0.516. The normalized spacial score (nSPS) is 23.1. The maximum atomic E-state index is 10.7. The van der Waals surface area contributed by atoms with Crippen molar-refractivity contribution in [2.75, 3.05) is 6.61 Å². The van der Waals surface area contributed by atoms with Crippen molar-refractivity contribution in [2.45, 2.75) is 39.2 Å². The van der Waals surface area contributed by atoms with Crippen molar-refractivity contribution in [1.82, 2.24) is 0 Å². The summed E-state index contributed by atoms with van der Waals surface area (Å²) in [6, 6.07) is 0. The Labute approximate surface area is 84.1 Å². The Balaban J connectivity index is 2.60. The highest BCUT2D eigenvalue weighted by Gasteiger charge is 2.19. The van der Waals surface area contributed by atoms with Gasteiger partial charge in [0.2, 0.25) is 5.70 Å². The van der Waals surface area contributed by atoms with Crippen molar-refractivity contribution in [2.24, 2.45) is 5.92 Å². The van der Waals surface area contributed by atoms with Crippen molar-refractivity contribution in [3.8, 4) is 0 Å². The minimum Gasteiger partial charge on any atom is -0.374 e. The van der Waals surface area contributed by atoms with Gasteiger partial charge in [-0.3, -0.25) is 10.1 Å². The molecule has 0 aliphatic carbocycles. The predicted molar refractivity (Wildman–Crippen MR) is 53.5 cm³/mol. The first-order valence-corrected chi connectivity index (χ1v) is 5.06. The molecule has 0 aromatic rings. The molecule has 80 valence electrons. The number of ether oxygens (including phenoxy) is 1. The van der Waals surface area contributed by atoms with Gasteiger partial charge in [-0.15, -0.1) is 0 Å². The van der Waals surface area contributed by atoms with E-state index in [4.69, 9.17) is 4.74 Å². The molecule has 0 aromatic heterocycles. The minimum atomic E-state index is -0.290. The average Bonchev–Trinajstić information content (AvgIpc) is 2.54. The van der Waals surface area contributed by atoms with E-state index in [-0.39, 0.29) is 11.0 Å². The second kappa shape index (κ2) is 5.10. The summed E-state index contributed by atoms with van der Waals surface area (Å²) in [5, 5.41) is 10.7. The highest BCUT2D eigenvalue weighted by molar-refractivity contribution is 4.99. The van der Waals surface area contributed by atoms with Gasteiger partial charge in [0.15, 0.2) is 0 Å². The van der Waals surface area contributed by atoms with E-state index in [1.54, 1.807) is 6.08 Å². The first kappa shape index (κ1) is 11.2. The molecule has 1 rings (SSSR count). The van der Waals surface area contributed by atoms with Crippen LogP contribution < -0.4 is 0 Å². The van der Waals surface area contributed by atoms with Crippen LogP contribution >= 0.6 is 0 Å². The molecule has 0 bridgehead atoms. The zero-order chi connectivity index (χ0) is 10.6. The Morgan fingerprint density at radius 2 is 2.43 bits per heavy atom. The van der Waals surface area contributed by atoms with Crippen LogP contribution in [0.4, 0.5) is 0 Å². The summed E-state index contributed by atoms with van der Waals surface area (Å²) < 4.78 is 5.33. The van der Waals surface area contributed by atoms with E-state index in [1.807, 2.05) is 13.8 Å². The lowest BCUT2D eigenvalue weighted by molar-refractivity contribution is -0.429. The van der Waals surface area contributed by atoms with Crippen LogP contribution in [0, 0.1) is 16.0 Å². The van der Waals surface area contributed by atoms with Crippen molar-refractivity contribution < 1.29 is 9.66 Å². The highest BCUT2D eigenvalue weighted by atomic mass is 16.6. The lowest BCUT2D eigenvalue weighted by Crippen LogP contribution is -2.08. The summed E-state index contributed by atoms with van der Waals surface area (Å²) >= 11 is 0. The van der Waals surface area contributed by atoms with Gasteiger partial charge in [-0.1, -0.05) is 13.8 Å². The fourth-order valence-corrected chi connectivity index (χ4v) is 1.57. The molecule has 1 saturated heterocycles. The molecule has 4 heteroatoms. The van der Waals surface area contributed by atoms with Crippen LogP contribution in [0.2, 0.25) is 0 Å². The van der Waals surface area contributed by atoms with Gasteiger partial charge in [0.05, 0.1) is 11.0 Å². The van der Waals surface area contributed by atoms with E-state index in [0.717, 1.165) is 19.4 Å². The first-order chi connectivity index (χ1) is 6.59. The fourth-order valence-electron chi connectivity index (χ4n) is 1.57. The van der Waals surface area contributed by atoms with E-state index in [2.05, 4.69) is 0 Å². The van der Waals surface area contributed by atoms with E-state index < -0.39 is 0 Å². The largest absolute Gasteiger partial charge is 0.374 e. The zero-order valence-electron chi connectivity index (χ0n) is 8.73. The Morgan fingerprint density at radius 1 is 1.71 bits per heavy atom. The third-order valence-corrected chi connectivity index (χ3v) is 2.20. The van der Waals surface area contributed by atoms with Crippen molar-refractivity contribution in [3.05, 3.63) is 21.9 Å². The van der Waals surface area contributed by atoms with Crippen LogP contribution in [0.1, 0.15) is 33.1 Å². The van der Waals surface area contributed by atoms with Crippen LogP contribution in [0.25, 0.3) is 0 Å². The van der Waals surface area contributed by atoms with Crippen LogP contribution in [0.3, 0.4) is 0 Å². The summed E-state index contributed by atoms with van der Waals surface area (Å²) in [4.78, 5) is 10.4. The average molecular weight is 199 g/mol. The lowest BCUT2D eigenvalue weighted by Gasteiger charge is -2.05. The van der Waals surface area contributed by atoms with Gasteiger partial charge in [-0.25, -0.2) is 0 Å². The molecule has 0 aromatic carbocycles. The SMILES string of the molecule is CC(C)C/C(=C\C1CCCO1)[N+](=O)[O-]. The third-order valence-electron chi connectivity index (χ3n) is 2.20. The standard InChI is InChI=1S/C10H17NO3/c1-8(2)6-9(11(12)13)7-10-4-3-5-14-10/h7-8,10H,3-6H2,1-2H3/b9-7+. The summed E-state index contributed by atoms with van der Waals surface area (Å²) in [7, 11) is 0. The Kier molecular flexibility index (Phi) is 4.07. The molecule has 1 fully saturated rings. The fraction of sp³-hybridized carbons (Fsp3) is 0.800. The number of hydrogen-bond acceptors (Lipinski definition) is 3. The van der Waals surface area contributed by atoms with Gasteiger partial charge < -0.3 is 4.74 Å². The Hall–Kier alpha value is -0.900. The Bertz CT molecular complexity index is 230. The summed E-state index contributed by atoms with van der Waals surface area (Å²) in [5.41, 5.74) is 0.298. The molecule has 1 aliphatic rings. The lowest BCUT2D eigenvalue weighted by atomic mass is 10.1. The topological polar surface area (TPSA) is 52.4 Å². The predicted octanol–water partition coefficient (Wildman–Crippen LogP) is 2.37. The van der Waals surface area contributed by atoms with Gasteiger partial charge in [-0.2, -0.15) is 0 Å². The molecule has 1 aliphatic heterocycles. The van der Waals surface area contributed by atoms with Crippen LogP contribution in [-0.4, -0.2) is 17.6 Å². The molecule has 0 amide bonds. The number of nitro groups is 1. The maximum Gasteiger partial charge on any atom is 0.245 e. The van der Waals surface area contributed by atoms with Crippen LogP contribution in [0.15, 0.2) is 11.8 Å². The van der Waals surface area contributed by atoms with Gasteiger partial charge in [-0.05, 0) is 18.8 Å². The second-order valence-corrected chi connectivity index (χ2v) is 4.06. The highest BCUT2D eigenvalue weighted by Crippen LogP contribution is 2.18. The monoisotopic (exact) mass is 199 g/mol. The van der Waals surface area contributed by atoms with E-state index in [0.29, 0.717) is 18.0 Å². The number of rotatable bonds is 4. The van der Waals surface area contributed by atoms with E-state index >= 15 is 0 Å². The van der Waals surface area contributed by atoms with Gasteiger partial charge in [0.25, 0.3) is 0 Å². The molecule has 0 spiro atoms. The summed E-state index contributed by atoms with van der Waals surface area (Å²) in [6.07, 6.45) is 4.08. The summed E-state index contributed by atoms with van der Waals surface area (Å²) in [5.74, 6) is 0.313. The second-order valence-electron chi connectivity index (χ2n) is 4.06. The molecular formula is C10H17NO3. The van der Waals surface area contributed by atoms with Crippen LogP contribution in [0.5, 0.6) is 0 Å². The molecule has 0 N–H and O–H groups in total. The Morgan fingerprint density at radius 3 is 2.86 bits per heavy atom. The van der Waals surface area contributed by atoms with E-state index in [9.17, 15) is 10.1 Å². The number of hydrogen-bond donors (Lipinski definition) is 0. The van der Waals surface area contributed by atoms with Crippen molar-refractivity contribution >= 4 is 0 Å². The van der Waals surface area contributed by atoms with Crippen molar-refractivity contribution in [3.63, 3.8) is 0 Å². The van der Waals surface area contributed by atoms with Crippen LogP contribution in [-0.2, 0) is 4.74 Å². The zero-order valence-corrected chi connectivity index (χ0v) is 8.73. The van der Waals surface area contributed by atoms with Gasteiger partial charge >= 0.3 is 0 Å². The summed E-state index contributed by atoms with van der Waals surface area (Å²) in [6.45, 7) is 4.69. The molecular weight excluding hydrogens is 182 g/mol. The third kappa shape index (κ3) is 3.46. The number of allylic oxidation sites excluding steroid dienone is 1. The molecule has 0 radical (unpaired) electrons. The minimum absolute atomic E-state index is 0.0332. The molecule has 1 heterocycles. The molecule has 14 heavy (non-hydrogen) atoms. The molecule has 0 saturated carbocycles. The first-order valence-electron chi connectivity index (χ1n) is 5.06. The van der Waals surface area contributed by atoms with E-state index in [1.165, 1.54) is 0 Å². The van der Waals surface area contributed by atoms with Gasteiger partial charge in [0, 0.05) is 19.1 Å². The maximum absolute atomic E-state index is 10.7. The van der Waals surface area contributed by atoms with Gasteiger partial charge in [0.1, 0.15) is 0 Å². The van der Waals surface area contributed by atoms with Crippen molar-refractivity contribution in [1.29, 1.82) is 0 Å². The molecule has 4 nitrogen and oxygen atoms in total. The number of nitrogens with zero attached hydrogens (tertiary/aromatic N) is 1. The molecule has 1 atom stereocenters.